The molecular weight excluding hydrogens is 362 g/mol. The highest BCUT2D eigenvalue weighted by atomic mass is 32.1. The molecule has 0 fully saturated rings. The molecule has 0 saturated carbocycles. The average molecular weight is 381 g/mol. The summed E-state index contributed by atoms with van der Waals surface area (Å²) < 4.78 is 7.96. The van der Waals surface area contributed by atoms with E-state index in [2.05, 4.69) is 16.9 Å². The Morgan fingerprint density at radius 3 is 2.63 bits per heavy atom. The van der Waals surface area contributed by atoms with Crippen molar-refractivity contribution in [2.75, 3.05) is 12.4 Å². The van der Waals surface area contributed by atoms with Crippen molar-refractivity contribution >= 4 is 39.1 Å². The third kappa shape index (κ3) is 4.15. The molecule has 0 radical (unpaired) electrons. The Bertz CT molecular complexity index is 1080. The summed E-state index contributed by atoms with van der Waals surface area (Å²) in [5, 5.41) is 2.76. The molecule has 0 unspecified atom stereocenters. The number of nitrogens with one attached hydrogen (secondary N) is 1. The summed E-state index contributed by atoms with van der Waals surface area (Å²) >= 11 is 1.39. The van der Waals surface area contributed by atoms with Crippen LogP contribution in [0, 0.1) is 0 Å². The number of carbonyl (C=O) groups is 2. The summed E-state index contributed by atoms with van der Waals surface area (Å²) in [6.07, 6.45) is 1.75. The Labute approximate surface area is 160 Å². The van der Waals surface area contributed by atoms with Gasteiger partial charge in [-0.3, -0.25) is 9.59 Å². The average Bonchev–Trinajstić information content (AvgIpc) is 2.98. The van der Waals surface area contributed by atoms with Crippen LogP contribution in [-0.2, 0) is 11.3 Å². The zero-order valence-corrected chi connectivity index (χ0v) is 15.9. The molecule has 3 aromatic rings. The molecule has 3 rings (SSSR count). The van der Waals surface area contributed by atoms with Gasteiger partial charge < -0.3 is 14.6 Å². The number of methoxy groups -OCH3 is 1. The van der Waals surface area contributed by atoms with Crippen LogP contribution in [0.4, 0.5) is 5.69 Å². The number of amides is 2. The molecule has 2 aromatic carbocycles. The highest BCUT2D eigenvalue weighted by molar-refractivity contribution is 7.16. The number of fused-ring (bicyclic) bond motifs is 1. The van der Waals surface area contributed by atoms with Crippen LogP contribution in [0.25, 0.3) is 10.2 Å². The number of carbonyl (C=O) groups excluding carboxylic acids is 2. The lowest BCUT2D eigenvalue weighted by molar-refractivity contribution is -0.114. The predicted molar refractivity (Wildman–Crippen MR) is 107 cm³/mol. The van der Waals surface area contributed by atoms with Gasteiger partial charge in [-0.25, -0.2) is 0 Å². The van der Waals surface area contributed by atoms with Crippen LogP contribution in [0.15, 0.2) is 60.1 Å². The maximum absolute atomic E-state index is 12.6. The second-order valence-electron chi connectivity index (χ2n) is 5.79. The van der Waals surface area contributed by atoms with Crippen molar-refractivity contribution in [2.24, 2.45) is 4.99 Å². The molecule has 0 aliphatic rings. The van der Waals surface area contributed by atoms with E-state index < -0.39 is 0 Å². The van der Waals surface area contributed by atoms with Gasteiger partial charge in [-0.05, 0) is 42.5 Å². The summed E-state index contributed by atoms with van der Waals surface area (Å²) in [4.78, 5) is 28.7. The molecule has 138 valence electrons. The molecule has 0 spiro atoms. The summed E-state index contributed by atoms with van der Waals surface area (Å²) in [5.74, 6) is 0.217. The van der Waals surface area contributed by atoms with Gasteiger partial charge in [-0.2, -0.15) is 4.99 Å². The zero-order chi connectivity index (χ0) is 19.4. The van der Waals surface area contributed by atoms with Gasteiger partial charge in [-0.1, -0.05) is 17.4 Å². The molecule has 0 bridgehead atoms. The van der Waals surface area contributed by atoms with Crippen LogP contribution in [0.5, 0.6) is 5.75 Å². The summed E-state index contributed by atoms with van der Waals surface area (Å²) in [7, 11) is 1.58. The molecule has 7 heteroatoms. The highest BCUT2D eigenvalue weighted by Crippen LogP contribution is 2.22. The number of rotatable bonds is 5. The Hall–Kier alpha value is -3.19. The van der Waals surface area contributed by atoms with Gasteiger partial charge in [0.05, 0.1) is 17.3 Å². The SMILES string of the molecule is C=CCn1c(=NC(=O)c2ccc(OC)cc2)sc2cc(NC(C)=O)ccc21. The second-order valence-corrected chi connectivity index (χ2v) is 6.80. The van der Waals surface area contributed by atoms with E-state index in [4.69, 9.17) is 4.74 Å². The Morgan fingerprint density at radius 2 is 2.00 bits per heavy atom. The first-order chi connectivity index (χ1) is 13.0. The van der Waals surface area contributed by atoms with E-state index in [1.165, 1.54) is 18.3 Å². The summed E-state index contributed by atoms with van der Waals surface area (Å²) in [6.45, 7) is 5.77. The summed E-state index contributed by atoms with van der Waals surface area (Å²) in [5.41, 5.74) is 2.11. The van der Waals surface area contributed by atoms with Crippen molar-refractivity contribution < 1.29 is 14.3 Å². The van der Waals surface area contributed by atoms with Crippen LogP contribution in [0.3, 0.4) is 0 Å². The van der Waals surface area contributed by atoms with E-state index in [1.54, 1.807) is 37.5 Å². The number of allylic oxidation sites excluding steroid dienone is 1. The number of anilines is 1. The van der Waals surface area contributed by atoms with Crippen molar-refractivity contribution in [2.45, 2.75) is 13.5 Å². The van der Waals surface area contributed by atoms with Crippen LogP contribution in [-0.4, -0.2) is 23.5 Å². The minimum absolute atomic E-state index is 0.135. The van der Waals surface area contributed by atoms with Crippen molar-refractivity contribution in [1.29, 1.82) is 0 Å². The topological polar surface area (TPSA) is 72.7 Å². The monoisotopic (exact) mass is 381 g/mol. The first-order valence-electron chi connectivity index (χ1n) is 8.27. The highest BCUT2D eigenvalue weighted by Gasteiger charge is 2.10. The molecule has 0 saturated heterocycles. The normalized spacial score (nSPS) is 11.4. The van der Waals surface area contributed by atoms with Crippen molar-refractivity contribution in [1.82, 2.24) is 4.57 Å². The van der Waals surface area contributed by atoms with Crippen molar-refractivity contribution in [3.8, 4) is 5.75 Å². The van der Waals surface area contributed by atoms with E-state index in [9.17, 15) is 9.59 Å². The second kappa shape index (κ2) is 8.01. The molecule has 0 aliphatic heterocycles. The van der Waals surface area contributed by atoms with Gasteiger partial charge in [0.2, 0.25) is 5.91 Å². The van der Waals surface area contributed by atoms with Gasteiger partial charge >= 0.3 is 0 Å². The Kier molecular flexibility index (Phi) is 5.52. The van der Waals surface area contributed by atoms with E-state index in [1.807, 2.05) is 22.8 Å². The minimum atomic E-state index is -0.330. The van der Waals surface area contributed by atoms with Gasteiger partial charge in [0.25, 0.3) is 5.91 Å². The Balaban J connectivity index is 2.06. The first-order valence-corrected chi connectivity index (χ1v) is 9.08. The maximum Gasteiger partial charge on any atom is 0.279 e. The maximum atomic E-state index is 12.6. The molecule has 1 aromatic heterocycles. The molecule has 0 atom stereocenters. The fraction of sp³-hybridized carbons (Fsp3) is 0.150. The van der Waals surface area contributed by atoms with Gasteiger partial charge in [0, 0.05) is 24.7 Å². The molecule has 6 nitrogen and oxygen atoms in total. The molecule has 0 aliphatic carbocycles. The largest absolute Gasteiger partial charge is 0.497 e. The van der Waals surface area contributed by atoms with E-state index in [0.717, 1.165) is 10.2 Å². The summed E-state index contributed by atoms with van der Waals surface area (Å²) in [6, 6.07) is 12.4. The van der Waals surface area contributed by atoms with Crippen LogP contribution in [0.1, 0.15) is 17.3 Å². The number of aromatic nitrogens is 1. The Morgan fingerprint density at radius 1 is 1.26 bits per heavy atom. The third-order valence-electron chi connectivity index (χ3n) is 3.85. The lowest BCUT2D eigenvalue weighted by Crippen LogP contribution is -2.16. The number of ether oxygens (including phenoxy) is 1. The number of benzene rings is 2. The zero-order valence-electron chi connectivity index (χ0n) is 15.1. The smallest absolute Gasteiger partial charge is 0.279 e. The van der Waals surface area contributed by atoms with E-state index in [0.29, 0.717) is 28.3 Å². The minimum Gasteiger partial charge on any atom is -0.497 e. The van der Waals surface area contributed by atoms with Gasteiger partial charge in [0.1, 0.15) is 5.75 Å². The van der Waals surface area contributed by atoms with E-state index >= 15 is 0 Å². The quantitative estimate of drug-likeness (QED) is 0.687. The predicted octanol–water partition coefficient (Wildman–Crippen LogP) is 3.60. The van der Waals surface area contributed by atoms with Gasteiger partial charge in [0.15, 0.2) is 4.80 Å². The first kappa shape index (κ1) is 18.6. The molecule has 1 N–H and O–H groups in total. The number of hydrogen-bond donors (Lipinski definition) is 1. The van der Waals surface area contributed by atoms with E-state index in [-0.39, 0.29) is 11.8 Å². The van der Waals surface area contributed by atoms with Crippen LogP contribution in [0.2, 0.25) is 0 Å². The number of hydrogen-bond acceptors (Lipinski definition) is 4. The number of thiazole rings is 1. The third-order valence-corrected chi connectivity index (χ3v) is 4.89. The molecule has 1 heterocycles. The molecule has 2 amide bonds. The lowest BCUT2D eigenvalue weighted by Gasteiger charge is -2.04. The van der Waals surface area contributed by atoms with Crippen LogP contribution < -0.4 is 14.9 Å². The van der Waals surface area contributed by atoms with Crippen LogP contribution >= 0.6 is 11.3 Å². The lowest BCUT2D eigenvalue weighted by atomic mass is 10.2. The molecule has 27 heavy (non-hydrogen) atoms. The fourth-order valence-electron chi connectivity index (χ4n) is 2.63. The van der Waals surface area contributed by atoms with Crippen molar-refractivity contribution in [3.05, 3.63) is 65.5 Å². The van der Waals surface area contributed by atoms with Gasteiger partial charge in [-0.15, -0.1) is 6.58 Å². The fourth-order valence-corrected chi connectivity index (χ4v) is 3.71. The molecular formula is C20H19N3O3S. The number of nitrogens with zero attached hydrogens (tertiary/aromatic N) is 2. The standard InChI is InChI=1S/C20H19N3O3S/c1-4-11-23-17-10-7-15(21-13(2)24)12-18(17)27-20(23)22-19(25)14-5-8-16(26-3)9-6-14/h4-10,12H,1,11H2,2-3H3,(H,21,24). The van der Waals surface area contributed by atoms with Crippen molar-refractivity contribution in [3.63, 3.8) is 0 Å².